The van der Waals surface area contributed by atoms with Crippen LogP contribution >= 0.6 is 0 Å². The first kappa shape index (κ1) is 18.9. The Morgan fingerprint density at radius 2 is 1.70 bits per heavy atom. The molecule has 0 bridgehead atoms. The molecule has 1 N–H and O–H groups in total. The van der Waals surface area contributed by atoms with Gasteiger partial charge in [-0.2, -0.15) is 0 Å². The van der Waals surface area contributed by atoms with Gasteiger partial charge in [-0.25, -0.2) is 4.98 Å². The van der Waals surface area contributed by atoms with Crippen molar-refractivity contribution in [1.29, 1.82) is 0 Å². The number of amides is 1. The number of aryl methyl sites for hydroxylation is 2. The standard InChI is InChI=1S/C23H27N3O/c1-23(2,3)19-10-5-17(6-11-19)7-14-21(27)25-20-12-8-18(9-13-20)22-24-15-16-26(22)4/h5-6,8-13,15-16H,7,14H2,1-4H3,(H,25,27). The maximum atomic E-state index is 12.3. The summed E-state index contributed by atoms with van der Waals surface area (Å²) in [7, 11) is 1.96. The molecule has 0 spiro atoms. The molecular formula is C23H27N3O. The van der Waals surface area contributed by atoms with Crippen LogP contribution in [-0.2, 0) is 23.7 Å². The van der Waals surface area contributed by atoms with Gasteiger partial charge in [0.2, 0.25) is 5.91 Å². The molecule has 0 saturated heterocycles. The van der Waals surface area contributed by atoms with E-state index in [2.05, 4.69) is 55.3 Å². The number of carbonyl (C=O) groups excluding carboxylic acids is 1. The lowest BCUT2D eigenvalue weighted by molar-refractivity contribution is -0.116. The van der Waals surface area contributed by atoms with Gasteiger partial charge in [0.25, 0.3) is 0 Å². The zero-order chi connectivity index (χ0) is 19.4. The van der Waals surface area contributed by atoms with E-state index in [4.69, 9.17) is 0 Å². The third-order valence-corrected chi connectivity index (χ3v) is 4.71. The van der Waals surface area contributed by atoms with Gasteiger partial charge >= 0.3 is 0 Å². The van der Waals surface area contributed by atoms with Gasteiger partial charge < -0.3 is 9.88 Å². The average molecular weight is 361 g/mol. The fourth-order valence-corrected chi connectivity index (χ4v) is 3.00. The number of nitrogens with zero attached hydrogens (tertiary/aromatic N) is 2. The van der Waals surface area contributed by atoms with Crippen LogP contribution in [0, 0.1) is 0 Å². The molecule has 140 valence electrons. The van der Waals surface area contributed by atoms with Crippen molar-refractivity contribution in [3.05, 3.63) is 72.1 Å². The van der Waals surface area contributed by atoms with Crippen molar-refractivity contribution in [3.63, 3.8) is 0 Å². The van der Waals surface area contributed by atoms with Crippen LogP contribution in [0.15, 0.2) is 60.9 Å². The van der Waals surface area contributed by atoms with Gasteiger partial charge in [-0.1, -0.05) is 45.0 Å². The number of benzene rings is 2. The minimum absolute atomic E-state index is 0.0274. The Hall–Kier alpha value is -2.88. The Kier molecular flexibility index (Phi) is 5.45. The lowest BCUT2D eigenvalue weighted by Crippen LogP contribution is -2.13. The van der Waals surface area contributed by atoms with Crippen LogP contribution < -0.4 is 5.32 Å². The largest absolute Gasteiger partial charge is 0.334 e. The summed E-state index contributed by atoms with van der Waals surface area (Å²) >= 11 is 0. The number of anilines is 1. The predicted molar refractivity (Wildman–Crippen MR) is 111 cm³/mol. The summed E-state index contributed by atoms with van der Waals surface area (Å²) < 4.78 is 1.97. The number of rotatable bonds is 5. The number of hydrogen-bond donors (Lipinski definition) is 1. The van der Waals surface area contributed by atoms with Crippen LogP contribution in [0.5, 0.6) is 0 Å². The molecule has 3 rings (SSSR count). The minimum atomic E-state index is 0.0274. The van der Waals surface area contributed by atoms with Crippen molar-refractivity contribution in [1.82, 2.24) is 9.55 Å². The van der Waals surface area contributed by atoms with Gasteiger partial charge in [0, 0.05) is 37.1 Å². The molecule has 0 unspecified atom stereocenters. The average Bonchev–Trinajstić information content (AvgIpc) is 3.06. The molecule has 0 radical (unpaired) electrons. The Morgan fingerprint density at radius 1 is 1.04 bits per heavy atom. The van der Waals surface area contributed by atoms with Crippen molar-refractivity contribution in [3.8, 4) is 11.4 Å². The van der Waals surface area contributed by atoms with Gasteiger partial charge in [-0.3, -0.25) is 4.79 Å². The van der Waals surface area contributed by atoms with Crippen LogP contribution in [0.1, 0.15) is 38.3 Å². The highest BCUT2D eigenvalue weighted by Crippen LogP contribution is 2.23. The summed E-state index contributed by atoms with van der Waals surface area (Å²) in [6.07, 6.45) is 4.90. The molecule has 0 aliphatic heterocycles. The predicted octanol–water partition coefficient (Wildman–Crippen LogP) is 4.96. The lowest BCUT2D eigenvalue weighted by Gasteiger charge is -2.19. The quantitative estimate of drug-likeness (QED) is 0.698. The van der Waals surface area contributed by atoms with Crippen LogP contribution in [0.2, 0.25) is 0 Å². The van der Waals surface area contributed by atoms with Crippen molar-refractivity contribution >= 4 is 11.6 Å². The molecule has 1 amide bonds. The maximum absolute atomic E-state index is 12.3. The van der Waals surface area contributed by atoms with Gasteiger partial charge in [0.15, 0.2) is 0 Å². The normalized spacial score (nSPS) is 11.4. The molecule has 3 aromatic rings. The van der Waals surface area contributed by atoms with Crippen molar-refractivity contribution in [2.24, 2.45) is 7.05 Å². The minimum Gasteiger partial charge on any atom is -0.334 e. The van der Waals surface area contributed by atoms with E-state index in [0.29, 0.717) is 6.42 Å². The highest BCUT2D eigenvalue weighted by Gasteiger charge is 2.13. The van der Waals surface area contributed by atoms with Crippen molar-refractivity contribution in [2.75, 3.05) is 5.32 Å². The summed E-state index contributed by atoms with van der Waals surface area (Å²) in [6, 6.07) is 16.3. The van der Waals surface area contributed by atoms with E-state index in [0.717, 1.165) is 23.5 Å². The summed E-state index contributed by atoms with van der Waals surface area (Å²) in [5, 5.41) is 2.97. The van der Waals surface area contributed by atoms with Crippen molar-refractivity contribution in [2.45, 2.75) is 39.0 Å². The number of hydrogen-bond acceptors (Lipinski definition) is 2. The molecule has 0 aliphatic carbocycles. The number of aromatic nitrogens is 2. The van der Waals surface area contributed by atoms with Crippen LogP contribution in [-0.4, -0.2) is 15.5 Å². The van der Waals surface area contributed by atoms with Gasteiger partial charge in [0.05, 0.1) is 0 Å². The van der Waals surface area contributed by atoms with Gasteiger partial charge in [-0.05, 0) is 47.2 Å². The number of imidazole rings is 1. The first-order chi connectivity index (χ1) is 12.8. The van der Waals surface area contributed by atoms with E-state index >= 15 is 0 Å². The molecule has 4 heteroatoms. The zero-order valence-electron chi connectivity index (χ0n) is 16.5. The van der Waals surface area contributed by atoms with Crippen LogP contribution in [0.25, 0.3) is 11.4 Å². The molecule has 27 heavy (non-hydrogen) atoms. The lowest BCUT2D eigenvalue weighted by atomic mass is 9.86. The molecule has 0 fully saturated rings. The first-order valence-electron chi connectivity index (χ1n) is 9.30. The van der Waals surface area contributed by atoms with Crippen LogP contribution in [0.3, 0.4) is 0 Å². The Balaban J connectivity index is 1.54. The van der Waals surface area contributed by atoms with Crippen LogP contribution in [0.4, 0.5) is 5.69 Å². The third-order valence-electron chi connectivity index (χ3n) is 4.71. The Labute approximate surface area is 161 Å². The summed E-state index contributed by atoms with van der Waals surface area (Å²) in [6.45, 7) is 6.61. The van der Waals surface area contributed by atoms with E-state index in [1.807, 2.05) is 42.1 Å². The molecule has 2 aromatic carbocycles. The molecule has 1 heterocycles. The Morgan fingerprint density at radius 3 is 2.26 bits per heavy atom. The monoisotopic (exact) mass is 361 g/mol. The number of carbonyl (C=O) groups is 1. The van der Waals surface area contributed by atoms with Crippen molar-refractivity contribution < 1.29 is 4.79 Å². The van der Waals surface area contributed by atoms with E-state index in [1.54, 1.807) is 6.20 Å². The van der Waals surface area contributed by atoms with Gasteiger partial charge in [0.1, 0.15) is 5.82 Å². The van der Waals surface area contributed by atoms with E-state index in [9.17, 15) is 4.79 Å². The third kappa shape index (κ3) is 4.85. The molecule has 0 aliphatic rings. The smallest absolute Gasteiger partial charge is 0.224 e. The highest BCUT2D eigenvalue weighted by atomic mass is 16.1. The Bertz CT molecular complexity index is 900. The zero-order valence-corrected chi connectivity index (χ0v) is 16.5. The topological polar surface area (TPSA) is 46.9 Å². The van der Waals surface area contributed by atoms with E-state index in [1.165, 1.54) is 11.1 Å². The highest BCUT2D eigenvalue weighted by molar-refractivity contribution is 5.91. The SMILES string of the molecule is Cn1ccnc1-c1ccc(NC(=O)CCc2ccc(C(C)(C)C)cc2)cc1. The maximum Gasteiger partial charge on any atom is 0.224 e. The molecule has 0 atom stereocenters. The molecular weight excluding hydrogens is 334 g/mol. The summed E-state index contributed by atoms with van der Waals surface area (Å²) in [5.41, 5.74) is 4.48. The molecule has 1 aromatic heterocycles. The number of nitrogens with one attached hydrogen (secondary N) is 1. The second-order valence-electron chi connectivity index (χ2n) is 7.93. The summed E-state index contributed by atoms with van der Waals surface area (Å²) in [5.74, 6) is 0.936. The fourth-order valence-electron chi connectivity index (χ4n) is 3.00. The summed E-state index contributed by atoms with van der Waals surface area (Å²) in [4.78, 5) is 16.6. The van der Waals surface area contributed by atoms with E-state index < -0.39 is 0 Å². The second kappa shape index (κ2) is 7.78. The molecule has 0 saturated carbocycles. The van der Waals surface area contributed by atoms with E-state index in [-0.39, 0.29) is 11.3 Å². The van der Waals surface area contributed by atoms with Gasteiger partial charge in [-0.15, -0.1) is 0 Å². The molecule has 4 nitrogen and oxygen atoms in total. The fraction of sp³-hybridized carbons (Fsp3) is 0.304. The second-order valence-corrected chi connectivity index (χ2v) is 7.93. The first-order valence-corrected chi connectivity index (χ1v) is 9.30.